The van der Waals surface area contributed by atoms with E-state index in [9.17, 15) is 19.5 Å². The van der Waals surface area contributed by atoms with E-state index in [4.69, 9.17) is 20.8 Å². The zero-order valence-corrected chi connectivity index (χ0v) is 24.2. The average molecular weight is 592 g/mol. The molecule has 5 rings (SSSR count). The molecule has 1 aliphatic heterocycles. The Labute approximate surface area is 243 Å². The van der Waals surface area contributed by atoms with Gasteiger partial charge >= 0.3 is 11.9 Å². The molecule has 4 aromatic rings. The molecule has 2 aromatic heterocycles. The lowest BCUT2D eigenvalue weighted by Crippen LogP contribution is -2.39. The van der Waals surface area contributed by atoms with E-state index in [0.717, 1.165) is 11.3 Å². The number of benzene rings is 2. The number of aromatic nitrogens is 1. The molecule has 0 amide bonds. The maximum Gasteiger partial charge on any atom is 0.338 e. The largest absolute Gasteiger partial charge is 0.478 e. The van der Waals surface area contributed by atoms with Gasteiger partial charge in [-0.15, -0.1) is 0 Å². The number of rotatable bonds is 7. The molecular formula is C30H26ClN3O6S. The quantitative estimate of drug-likeness (QED) is 0.315. The van der Waals surface area contributed by atoms with Crippen molar-refractivity contribution in [2.75, 3.05) is 25.6 Å². The van der Waals surface area contributed by atoms with Crippen LogP contribution in [-0.4, -0.2) is 42.3 Å². The third-order valence-corrected chi connectivity index (χ3v) is 7.94. The SMILES string of the molecule is CCOC(=O)C1=C(C)N=c2s/c(=C/c3ccc(-c4ccc(Cl)c(C(=O)O)c4)o3)c(=O)n2C1c1ccc(N(C)C)cc1. The molecule has 3 heterocycles. The summed E-state index contributed by atoms with van der Waals surface area (Å²) in [5.41, 5.74) is 2.67. The zero-order chi connectivity index (χ0) is 29.4. The van der Waals surface area contributed by atoms with Gasteiger partial charge in [-0.1, -0.05) is 35.1 Å². The van der Waals surface area contributed by atoms with Gasteiger partial charge in [0.1, 0.15) is 11.5 Å². The molecule has 0 saturated heterocycles. The maximum atomic E-state index is 13.8. The van der Waals surface area contributed by atoms with Crippen LogP contribution in [0.3, 0.4) is 0 Å². The van der Waals surface area contributed by atoms with E-state index < -0.39 is 18.0 Å². The number of carbonyl (C=O) groups excluding carboxylic acids is 1. The second-order valence-corrected chi connectivity index (χ2v) is 10.9. The number of nitrogens with zero attached hydrogens (tertiary/aromatic N) is 3. The normalized spacial score (nSPS) is 15.0. The molecule has 210 valence electrons. The van der Waals surface area contributed by atoms with Gasteiger partial charge in [-0.3, -0.25) is 9.36 Å². The second-order valence-electron chi connectivity index (χ2n) is 9.49. The van der Waals surface area contributed by atoms with E-state index >= 15 is 0 Å². The summed E-state index contributed by atoms with van der Waals surface area (Å²) in [5.74, 6) is -0.856. The third-order valence-electron chi connectivity index (χ3n) is 6.62. The monoisotopic (exact) mass is 591 g/mol. The number of ether oxygens (including phenoxy) is 1. The van der Waals surface area contributed by atoms with Gasteiger partial charge in [-0.25, -0.2) is 14.6 Å². The van der Waals surface area contributed by atoms with Gasteiger partial charge in [0.25, 0.3) is 5.56 Å². The minimum atomic E-state index is -1.15. The van der Waals surface area contributed by atoms with Crippen molar-refractivity contribution >= 4 is 46.6 Å². The fraction of sp³-hybridized carbons (Fsp3) is 0.200. The highest BCUT2D eigenvalue weighted by Gasteiger charge is 2.33. The van der Waals surface area contributed by atoms with Gasteiger partial charge in [-0.2, -0.15) is 0 Å². The topological polar surface area (TPSA) is 114 Å². The minimum Gasteiger partial charge on any atom is -0.478 e. The van der Waals surface area contributed by atoms with Crippen molar-refractivity contribution in [2.45, 2.75) is 19.9 Å². The Morgan fingerprint density at radius 1 is 1.17 bits per heavy atom. The molecule has 0 fully saturated rings. The number of thiazole rings is 1. The standard InChI is InChI=1S/C30H26ClN3O6S/c1-5-39-29(38)25-16(2)32-30-34(26(25)17-6-9-19(10-7-17)33(3)4)27(35)24(41-30)15-20-11-13-23(40-20)18-8-12-22(31)21(14-18)28(36)37/h6-15,26H,5H2,1-4H3,(H,36,37)/b24-15+. The van der Waals surface area contributed by atoms with Crippen molar-refractivity contribution in [2.24, 2.45) is 4.99 Å². The van der Waals surface area contributed by atoms with Crippen LogP contribution in [0.15, 0.2) is 80.1 Å². The summed E-state index contributed by atoms with van der Waals surface area (Å²) >= 11 is 7.18. The van der Waals surface area contributed by atoms with Crippen molar-refractivity contribution in [1.82, 2.24) is 4.57 Å². The summed E-state index contributed by atoms with van der Waals surface area (Å²) in [6.45, 7) is 3.66. The maximum absolute atomic E-state index is 13.8. The van der Waals surface area contributed by atoms with E-state index in [-0.39, 0.29) is 22.8 Å². The van der Waals surface area contributed by atoms with Crippen LogP contribution in [0.5, 0.6) is 0 Å². The molecule has 41 heavy (non-hydrogen) atoms. The lowest BCUT2D eigenvalue weighted by atomic mass is 9.95. The van der Waals surface area contributed by atoms with Crippen molar-refractivity contribution in [3.63, 3.8) is 0 Å². The van der Waals surface area contributed by atoms with Gasteiger partial charge in [-0.05, 0) is 61.9 Å². The first kappa shape index (κ1) is 28.1. The highest BCUT2D eigenvalue weighted by molar-refractivity contribution is 7.07. The molecule has 1 N–H and O–H groups in total. The highest BCUT2D eigenvalue weighted by atomic mass is 35.5. The van der Waals surface area contributed by atoms with Crippen LogP contribution in [0.2, 0.25) is 5.02 Å². The Bertz CT molecular complexity index is 1880. The Balaban J connectivity index is 1.61. The number of esters is 1. The van der Waals surface area contributed by atoms with Crippen LogP contribution in [0, 0.1) is 0 Å². The number of carboxylic acid groups (broad SMARTS) is 1. The lowest BCUT2D eigenvalue weighted by Gasteiger charge is -2.25. The summed E-state index contributed by atoms with van der Waals surface area (Å²) in [6.07, 6.45) is 1.61. The Kier molecular flexibility index (Phi) is 7.70. The molecule has 0 bridgehead atoms. The van der Waals surface area contributed by atoms with E-state index in [1.807, 2.05) is 43.3 Å². The number of anilines is 1. The summed E-state index contributed by atoms with van der Waals surface area (Å²) < 4.78 is 13.2. The van der Waals surface area contributed by atoms with Crippen LogP contribution in [0.4, 0.5) is 5.69 Å². The first-order valence-electron chi connectivity index (χ1n) is 12.7. The van der Waals surface area contributed by atoms with Gasteiger partial charge in [0.15, 0.2) is 4.80 Å². The van der Waals surface area contributed by atoms with Crippen molar-refractivity contribution in [1.29, 1.82) is 0 Å². The number of allylic oxidation sites excluding steroid dienone is 1. The van der Waals surface area contributed by atoms with Crippen molar-refractivity contribution < 1.29 is 23.8 Å². The highest BCUT2D eigenvalue weighted by Crippen LogP contribution is 2.32. The fourth-order valence-corrected chi connectivity index (χ4v) is 5.84. The first-order chi connectivity index (χ1) is 19.6. The second kappa shape index (κ2) is 11.2. The molecule has 0 saturated carbocycles. The molecule has 1 aliphatic rings. The number of furan rings is 1. The Hall–Kier alpha value is -4.41. The van der Waals surface area contributed by atoms with Gasteiger partial charge in [0.2, 0.25) is 0 Å². The fourth-order valence-electron chi connectivity index (χ4n) is 4.62. The van der Waals surface area contributed by atoms with Crippen molar-refractivity contribution in [3.05, 3.63) is 107 Å². The van der Waals surface area contributed by atoms with Crippen LogP contribution in [0.25, 0.3) is 17.4 Å². The molecule has 0 spiro atoms. The van der Waals surface area contributed by atoms with Gasteiger partial charge in [0.05, 0.1) is 39.0 Å². The number of carbonyl (C=O) groups is 2. The molecule has 0 aliphatic carbocycles. The number of halogens is 1. The Morgan fingerprint density at radius 2 is 1.90 bits per heavy atom. The molecule has 1 atom stereocenters. The van der Waals surface area contributed by atoms with E-state index in [2.05, 4.69) is 4.99 Å². The molecule has 11 heteroatoms. The van der Waals surface area contributed by atoms with E-state index in [1.54, 1.807) is 38.1 Å². The van der Waals surface area contributed by atoms with Crippen LogP contribution in [-0.2, 0) is 9.53 Å². The van der Waals surface area contributed by atoms with Gasteiger partial charge < -0.3 is 19.2 Å². The van der Waals surface area contributed by atoms with Crippen molar-refractivity contribution in [3.8, 4) is 11.3 Å². The number of aromatic carboxylic acids is 1. The predicted octanol–water partition coefficient (Wildman–Crippen LogP) is 4.48. The Morgan fingerprint density at radius 3 is 2.56 bits per heavy atom. The zero-order valence-electron chi connectivity index (χ0n) is 22.7. The molecule has 2 aromatic carbocycles. The third kappa shape index (κ3) is 5.36. The predicted molar refractivity (Wildman–Crippen MR) is 157 cm³/mol. The van der Waals surface area contributed by atoms with Crippen LogP contribution >= 0.6 is 22.9 Å². The van der Waals surface area contributed by atoms with Crippen LogP contribution in [0.1, 0.15) is 41.6 Å². The van der Waals surface area contributed by atoms with Crippen LogP contribution < -0.4 is 19.8 Å². The molecule has 1 unspecified atom stereocenters. The smallest absolute Gasteiger partial charge is 0.338 e. The molecule has 9 nitrogen and oxygen atoms in total. The average Bonchev–Trinajstić information content (AvgIpc) is 3.52. The minimum absolute atomic E-state index is 0.0400. The summed E-state index contributed by atoms with van der Waals surface area (Å²) in [7, 11) is 3.87. The first-order valence-corrected chi connectivity index (χ1v) is 13.9. The van der Waals surface area contributed by atoms with Gasteiger partial charge in [0, 0.05) is 31.4 Å². The van der Waals surface area contributed by atoms with E-state index in [0.29, 0.717) is 37.7 Å². The number of carboxylic acids is 1. The summed E-state index contributed by atoms with van der Waals surface area (Å²) in [4.78, 5) is 45.4. The number of hydrogen-bond acceptors (Lipinski definition) is 8. The lowest BCUT2D eigenvalue weighted by molar-refractivity contribution is -0.139. The van der Waals surface area contributed by atoms with E-state index in [1.165, 1.54) is 28.0 Å². The summed E-state index contributed by atoms with van der Waals surface area (Å²) in [6, 6.07) is 14.9. The number of fused-ring (bicyclic) bond motifs is 1. The number of hydrogen-bond donors (Lipinski definition) is 1. The molecular weight excluding hydrogens is 566 g/mol. The molecule has 0 radical (unpaired) electrons. The summed E-state index contributed by atoms with van der Waals surface area (Å²) in [5, 5.41) is 9.51.